The molecule has 0 amide bonds. The van der Waals surface area contributed by atoms with Gasteiger partial charge >= 0.3 is 0 Å². The van der Waals surface area contributed by atoms with Crippen LogP contribution in [0.3, 0.4) is 0 Å². The lowest BCUT2D eigenvalue weighted by Crippen LogP contribution is -2.15. The van der Waals surface area contributed by atoms with Crippen molar-refractivity contribution in [2.24, 2.45) is 5.73 Å². The standard InChI is InChI=1S/C17H15N.C3H3NS/c18-17-15(12-13-6-2-1-3-7-13)11-10-14-8-4-5-9-16(14)17;1-2-5-3-4-1/h1-12,17H,18H2;1-3H. The summed E-state index contributed by atoms with van der Waals surface area (Å²) in [5.41, 5.74) is 12.9. The molecule has 0 aliphatic heterocycles. The molecule has 2 aromatic carbocycles. The molecule has 3 aromatic rings. The Bertz CT molecular complexity index is 772. The highest BCUT2D eigenvalue weighted by molar-refractivity contribution is 7.07. The van der Waals surface area contributed by atoms with Gasteiger partial charge in [-0.1, -0.05) is 66.7 Å². The largest absolute Gasteiger partial charge is 0.320 e. The number of benzene rings is 2. The number of hydrogen-bond donors (Lipinski definition) is 1. The van der Waals surface area contributed by atoms with E-state index in [2.05, 4.69) is 47.5 Å². The molecule has 1 aliphatic carbocycles. The third-order valence-electron chi connectivity index (χ3n) is 3.63. The maximum absolute atomic E-state index is 6.32. The summed E-state index contributed by atoms with van der Waals surface area (Å²) in [5.74, 6) is 0. The molecule has 4 rings (SSSR count). The van der Waals surface area contributed by atoms with Gasteiger partial charge in [0.25, 0.3) is 0 Å². The van der Waals surface area contributed by atoms with Crippen LogP contribution in [0.15, 0.2) is 83.3 Å². The van der Waals surface area contributed by atoms with Crippen molar-refractivity contribution < 1.29 is 0 Å². The summed E-state index contributed by atoms with van der Waals surface area (Å²) in [4.78, 5) is 3.74. The number of hydrogen-bond acceptors (Lipinski definition) is 3. The average Bonchev–Trinajstić information content (AvgIpc) is 3.19. The van der Waals surface area contributed by atoms with Gasteiger partial charge in [-0.2, -0.15) is 0 Å². The van der Waals surface area contributed by atoms with E-state index in [-0.39, 0.29) is 6.04 Å². The first-order chi connectivity index (χ1) is 11.3. The van der Waals surface area contributed by atoms with E-state index < -0.39 is 0 Å². The summed E-state index contributed by atoms with van der Waals surface area (Å²) in [5, 5.41) is 1.93. The van der Waals surface area contributed by atoms with Crippen LogP contribution >= 0.6 is 11.3 Å². The molecule has 23 heavy (non-hydrogen) atoms. The number of fused-ring (bicyclic) bond motifs is 1. The second kappa shape index (κ2) is 7.68. The minimum absolute atomic E-state index is 0.0357. The molecule has 3 heteroatoms. The molecular weight excluding hydrogens is 300 g/mol. The Labute approximate surface area is 140 Å². The number of nitrogens with two attached hydrogens (primary N) is 1. The van der Waals surface area contributed by atoms with Crippen molar-refractivity contribution in [1.82, 2.24) is 4.98 Å². The second-order valence-electron chi connectivity index (χ2n) is 5.17. The highest BCUT2D eigenvalue weighted by Crippen LogP contribution is 2.30. The van der Waals surface area contributed by atoms with Gasteiger partial charge in [-0.3, -0.25) is 4.98 Å². The summed E-state index contributed by atoms with van der Waals surface area (Å²) in [6.07, 6.45) is 8.16. The number of aromatic nitrogens is 1. The van der Waals surface area contributed by atoms with Gasteiger partial charge in [0.2, 0.25) is 0 Å². The zero-order valence-corrected chi connectivity index (χ0v) is 13.5. The molecule has 0 saturated heterocycles. The number of thiazole rings is 1. The molecule has 0 radical (unpaired) electrons. The fraction of sp³-hybridized carbons (Fsp3) is 0.0500. The lowest BCUT2D eigenvalue weighted by Gasteiger charge is -2.20. The summed E-state index contributed by atoms with van der Waals surface area (Å²) < 4.78 is 0. The normalized spacial score (nSPS) is 17.3. The molecule has 1 aromatic heterocycles. The van der Waals surface area contributed by atoms with E-state index in [4.69, 9.17) is 5.73 Å². The Balaban J connectivity index is 0.000000267. The van der Waals surface area contributed by atoms with Crippen LogP contribution in [0.25, 0.3) is 12.2 Å². The van der Waals surface area contributed by atoms with Gasteiger partial charge in [0.15, 0.2) is 0 Å². The summed E-state index contributed by atoms with van der Waals surface area (Å²) in [6.45, 7) is 0. The Hall–Kier alpha value is -2.49. The lowest BCUT2D eigenvalue weighted by molar-refractivity contribution is 0.867. The van der Waals surface area contributed by atoms with Gasteiger partial charge in [0.1, 0.15) is 0 Å². The van der Waals surface area contributed by atoms with Crippen molar-refractivity contribution in [3.8, 4) is 0 Å². The van der Waals surface area contributed by atoms with Crippen LogP contribution < -0.4 is 5.73 Å². The van der Waals surface area contributed by atoms with Gasteiger partial charge < -0.3 is 5.73 Å². The zero-order chi connectivity index (χ0) is 15.9. The molecule has 0 fully saturated rings. The van der Waals surface area contributed by atoms with Crippen molar-refractivity contribution >= 4 is 23.5 Å². The van der Waals surface area contributed by atoms with E-state index in [1.807, 2.05) is 35.7 Å². The summed E-state index contributed by atoms with van der Waals surface area (Å²) in [7, 11) is 0. The van der Waals surface area contributed by atoms with Crippen molar-refractivity contribution in [2.75, 3.05) is 0 Å². The highest BCUT2D eigenvalue weighted by Gasteiger charge is 2.16. The Morgan fingerprint density at radius 1 is 0.957 bits per heavy atom. The summed E-state index contributed by atoms with van der Waals surface area (Å²) in [6, 6.07) is 18.5. The molecule has 0 spiro atoms. The predicted octanol–water partition coefficient (Wildman–Crippen LogP) is 4.94. The van der Waals surface area contributed by atoms with Crippen LogP contribution in [0.4, 0.5) is 0 Å². The van der Waals surface area contributed by atoms with Gasteiger partial charge in [0, 0.05) is 11.6 Å². The van der Waals surface area contributed by atoms with Crippen molar-refractivity contribution in [3.05, 3.63) is 100 Å². The molecule has 1 aliphatic rings. The van der Waals surface area contributed by atoms with E-state index in [1.165, 1.54) is 16.7 Å². The maximum atomic E-state index is 6.32. The van der Waals surface area contributed by atoms with E-state index in [0.717, 1.165) is 5.57 Å². The highest BCUT2D eigenvalue weighted by atomic mass is 32.1. The first-order valence-corrected chi connectivity index (χ1v) is 8.40. The predicted molar refractivity (Wildman–Crippen MR) is 98.9 cm³/mol. The van der Waals surface area contributed by atoms with E-state index in [9.17, 15) is 0 Å². The van der Waals surface area contributed by atoms with Crippen LogP contribution in [-0.4, -0.2) is 4.98 Å². The smallest absolute Gasteiger partial charge is 0.0791 e. The van der Waals surface area contributed by atoms with Crippen molar-refractivity contribution in [3.63, 3.8) is 0 Å². The third-order valence-corrected chi connectivity index (χ3v) is 4.15. The zero-order valence-electron chi connectivity index (χ0n) is 12.7. The van der Waals surface area contributed by atoms with Gasteiger partial charge in [-0.25, -0.2) is 0 Å². The maximum Gasteiger partial charge on any atom is 0.0791 e. The molecule has 2 nitrogen and oxygen atoms in total. The van der Waals surface area contributed by atoms with E-state index >= 15 is 0 Å². The number of rotatable bonds is 1. The average molecular weight is 318 g/mol. The fourth-order valence-corrected chi connectivity index (χ4v) is 2.82. The molecule has 1 heterocycles. The lowest BCUT2D eigenvalue weighted by atomic mass is 9.89. The van der Waals surface area contributed by atoms with E-state index in [1.54, 1.807) is 23.0 Å². The fourth-order valence-electron chi connectivity index (χ4n) is 2.47. The van der Waals surface area contributed by atoms with Crippen LogP contribution in [0.1, 0.15) is 22.7 Å². The Morgan fingerprint density at radius 2 is 1.74 bits per heavy atom. The van der Waals surface area contributed by atoms with Crippen molar-refractivity contribution in [1.29, 1.82) is 0 Å². The Kier molecular flexibility index (Phi) is 5.14. The monoisotopic (exact) mass is 318 g/mol. The van der Waals surface area contributed by atoms with Crippen LogP contribution in [0.5, 0.6) is 0 Å². The van der Waals surface area contributed by atoms with E-state index in [0.29, 0.717) is 0 Å². The first kappa shape index (κ1) is 15.4. The summed E-state index contributed by atoms with van der Waals surface area (Å²) >= 11 is 1.60. The molecule has 2 N–H and O–H groups in total. The van der Waals surface area contributed by atoms with Crippen LogP contribution in [0, 0.1) is 0 Å². The van der Waals surface area contributed by atoms with Gasteiger partial charge in [-0.05, 0) is 28.3 Å². The SMILES string of the molecule is NC1C(=Cc2ccccc2)C=Cc2ccccc21.c1cscn1. The molecule has 1 atom stereocenters. The van der Waals surface area contributed by atoms with Gasteiger partial charge in [0.05, 0.1) is 11.6 Å². The minimum Gasteiger partial charge on any atom is -0.320 e. The molecule has 0 saturated carbocycles. The number of nitrogens with zero attached hydrogens (tertiary/aromatic N) is 1. The van der Waals surface area contributed by atoms with Crippen LogP contribution in [0.2, 0.25) is 0 Å². The Morgan fingerprint density at radius 3 is 2.43 bits per heavy atom. The molecule has 114 valence electrons. The van der Waals surface area contributed by atoms with Crippen molar-refractivity contribution in [2.45, 2.75) is 6.04 Å². The molecular formula is C20H18N2S. The topological polar surface area (TPSA) is 38.9 Å². The quantitative estimate of drug-likeness (QED) is 0.690. The molecule has 0 bridgehead atoms. The minimum atomic E-state index is -0.0357. The molecule has 1 unspecified atom stereocenters. The second-order valence-corrected chi connectivity index (χ2v) is 5.93. The van der Waals surface area contributed by atoms with Gasteiger partial charge in [-0.15, -0.1) is 11.3 Å². The third kappa shape index (κ3) is 4.03. The van der Waals surface area contributed by atoms with Crippen LogP contribution in [-0.2, 0) is 0 Å². The first-order valence-electron chi connectivity index (χ1n) is 7.46.